The van der Waals surface area contributed by atoms with Gasteiger partial charge in [0.1, 0.15) is 11.3 Å². The summed E-state index contributed by atoms with van der Waals surface area (Å²) in [5.74, 6) is 0.872. The second kappa shape index (κ2) is 10.7. The fourth-order valence-corrected chi connectivity index (χ4v) is 5.47. The Morgan fingerprint density at radius 1 is 0.378 bits per heavy atom. The van der Waals surface area contributed by atoms with E-state index in [0.29, 0.717) is 45.4 Å². The molecule has 5 heterocycles. The topological polar surface area (TPSA) is 115 Å². The van der Waals surface area contributed by atoms with Crippen molar-refractivity contribution in [3.05, 3.63) is 122 Å². The Balaban J connectivity index is 0.00000300. The largest absolute Gasteiger partial charge is 2.00 e. The van der Waals surface area contributed by atoms with Gasteiger partial charge in [-0.3, -0.25) is 9.13 Å². The van der Waals surface area contributed by atoms with E-state index in [9.17, 15) is 0 Å². The summed E-state index contributed by atoms with van der Waals surface area (Å²) in [5, 5.41) is 3.44. The van der Waals surface area contributed by atoms with Gasteiger partial charge in [0.25, 0.3) is 0 Å². The Morgan fingerprint density at radius 3 is 1.09 bits per heavy atom. The van der Waals surface area contributed by atoms with E-state index in [1.807, 2.05) is 131 Å². The molecule has 0 aliphatic carbocycles. The molecule has 0 amide bonds. The summed E-state index contributed by atoms with van der Waals surface area (Å²) in [5.41, 5.74) is 4.76. The predicted octanol–water partition coefficient (Wildman–Crippen LogP) is 6.16. The molecule has 0 spiro atoms. The van der Waals surface area contributed by atoms with Gasteiger partial charge in [-0.2, -0.15) is 0 Å². The summed E-state index contributed by atoms with van der Waals surface area (Å²) >= 11 is 0. The van der Waals surface area contributed by atoms with Crippen LogP contribution in [0, 0.1) is 0 Å². The van der Waals surface area contributed by atoms with E-state index in [2.05, 4.69) is 0 Å². The zero-order chi connectivity index (χ0) is 29.0. The molecular weight excluding hydrogens is 612 g/mol. The van der Waals surface area contributed by atoms with Crippen LogP contribution in [0.25, 0.3) is 78.4 Å². The van der Waals surface area contributed by atoms with Crippen LogP contribution in [0.1, 0.15) is 0 Å². The molecule has 4 aromatic carbocycles. The van der Waals surface area contributed by atoms with Crippen LogP contribution < -0.4 is 9.97 Å². The normalized spacial score (nSPS) is 11.4. The number of benzene rings is 4. The minimum absolute atomic E-state index is 0. The summed E-state index contributed by atoms with van der Waals surface area (Å²) in [7, 11) is 0. The van der Waals surface area contributed by atoms with Gasteiger partial charge in [-0.15, -0.1) is 0 Å². The molecule has 0 aliphatic heterocycles. The molecule has 0 unspecified atom stereocenters. The average molecular weight is 632 g/mol. The maximum Gasteiger partial charge on any atom is 2.00 e. The van der Waals surface area contributed by atoms with Crippen LogP contribution in [0.2, 0.25) is 0 Å². The first-order valence-electron chi connectivity index (χ1n) is 14.0. The van der Waals surface area contributed by atoms with Crippen molar-refractivity contribution in [1.82, 2.24) is 49.0 Å². The fourth-order valence-electron chi connectivity index (χ4n) is 5.47. The Bertz CT molecular complexity index is 2440. The third kappa shape index (κ3) is 4.58. The first kappa shape index (κ1) is 26.7. The van der Waals surface area contributed by atoms with Crippen LogP contribution >= 0.6 is 0 Å². The number of fused-ring (bicyclic) bond motifs is 14. The average Bonchev–Trinajstić information content (AvgIpc) is 3.83. The molecule has 9 rings (SSSR count). The van der Waals surface area contributed by atoms with Crippen molar-refractivity contribution in [3.8, 4) is 11.4 Å². The fraction of sp³-hybridized carbons (Fsp3) is 0. The number of imidazole rings is 2. The molecule has 9 aromatic rings. The van der Waals surface area contributed by atoms with Crippen LogP contribution in [-0.2, 0) is 17.1 Å². The van der Waals surface area contributed by atoms with E-state index in [-0.39, 0.29) is 17.1 Å². The van der Waals surface area contributed by atoms with E-state index in [1.165, 1.54) is 0 Å². The summed E-state index contributed by atoms with van der Waals surface area (Å²) < 4.78 is 3.81. The van der Waals surface area contributed by atoms with Gasteiger partial charge in [-0.25, -0.2) is 9.97 Å². The number of para-hydroxylation sites is 2. The van der Waals surface area contributed by atoms with Crippen LogP contribution in [0.5, 0.6) is 0 Å². The Kier molecular flexibility index (Phi) is 6.33. The number of aromatic nitrogens is 10. The minimum Gasteiger partial charge on any atom is -0.357 e. The van der Waals surface area contributed by atoms with Gasteiger partial charge in [0.2, 0.25) is 0 Å². The first-order chi connectivity index (χ1) is 21.8. The molecular formula is C34H20CuN10. The second-order valence-corrected chi connectivity index (χ2v) is 10.3. The van der Waals surface area contributed by atoms with Gasteiger partial charge in [-0.1, -0.05) is 84.9 Å². The molecule has 0 saturated carbocycles. The van der Waals surface area contributed by atoms with Crippen LogP contribution in [0.4, 0.5) is 0 Å². The summed E-state index contributed by atoms with van der Waals surface area (Å²) in [6.45, 7) is 0. The standard InChI is InChI=1S/C34H20N10.Cu/c1-3-11-21(12-4-1)43-19-27-35-29-23-15-7-8-16-24(23)30(39-29)36-28-20-44(22-13-5-2-6-14-22)34(38-28)42-32-26-18-10-9-17-25(26)31(40-32)41-33(43)37-27;/h1-20H;/q-2;+2. The molecule has 10 nitrogen and oxygen atoms in total. The minimum atomic E-state index is 0. The Hall–Kier alpha value is -5.90. The quantitative estimate of drug-likeness (QED) is 0.209. The van der Waals surface area contributed by atoms with Gasteiger partial charge in [-0.05, 0) is 45.8 Å². The molecule has 5 aromatic heterocycles. The zero-order valence-electron chi connectivity index (χ0n) is 23.3. The number of hydrogen-bond donors (Lipinski definition) is 0. The predicted molar refractivity (Wildman–Crippen MR) is 170 cm³/mol. The number of nitrogens with zero attached hydrogens (tertiary/aromatic N) is 10. The van der Waals surface area contributed by atoms with Crippen molar-refractivity contribution < 1.29 is 17.1 Å². The molecule has 0 aliphatic rings. The molecule has 0 atom stereocenters. The summed E-state index contributed by atoms with van der Waals surface area (Å²) in [4.78, 5) is 39.1. The molecule has 0 saturated heterocycles. The molecule has 8 bridgehead atoms. The van der Waals surface area contributed by atoms with E-state index < -0.39 is 0 Å². The maximum atomic E-state index is 4.97. The summed E-state index contributed by atoms with van der Waals surface area (Å²) in [6.07, 6.45) is 3.71. The SMILES string of the molecule is [Cu+2].c1ccc(-n2cc3nc4[n-]c(nc5cn(-c6ccccc6)c(n5)nc5[n-]c(nc2n3)c2ccccc52)c2ccccc42)cc1. The van der Waals surface area contributed by atoms with Crippen molar-refractivity contribution in [2.45, 2.75) is 0 Å². The van der Waals surface area contributed by atoms with Gasteiger partial charge < -0.3 is 29.9 Å². The third-order valence-electron chi connectivity index (χ3n) is 7.51. The van der Waals surface area contributed by atoms with Crippen molar-refractivity contribution >= 4 is 67.0 Å². The van der Waals surface area contributed by atoms with Crippen LogP contribution in [0.3, 0.4) is 0 Å². The molecule has 0 N–H and O–H groups in total. The van der Waals surface area contributed by atoms with Crippen molar-refractivity contribution in [3.63, 3.8) is 0 Å². The maximum absolute atomic E-state index is 4.97. The van der Waals surface area contributed by atoms with Crippen molar-refractivity contribution in [2.24, 2.45) is 0 Å². The zero-order valence-corrected chi connectivity index (χ0v) is 24.3. The van der Waals surface area contributed by atoms with Gasteiger partial charge in [0, 0.05) is 46.4 Å². The van der Waals surface area contributed by atoms with Crippen molar-refractivity contribution in [1.29, 1.82) is 0 Å². The summed E-state index contributed by atoms with van der Waals surface area (Å²) in [6, 6.07) is 35.6. The molecule has 217 valence electrons. The van der Waals surface area contributed by atoms with Gasteiger partial charge in [0.05, 0.1) is 0 Å². The van der Waals surface area contributed by atoms with Gasteiger partial charge in [0.15, 0.2) is 11.6 Å². The second-order valence-electron chi connectivity index (χ2n) is 10.3. The molecule has 1 radical (unpaired) electrons. The molecule has 0 fully saturated rings. The molecule has 45 heavy (non-hydrogen) atoms. The Labute approximate surface area is 265 Å². The number of hydrogen-bond acceptors (Lipinski definition) is 6. The smallest absolute Gasteiger partial charge is 0.357 e. The van der Waals surface area contributed by atoms with Crippen LogP contribution in [-0.4, -0.2) is 39.0 Å². The van der Waals surface area contributed by atoms with E-state index in [4.69, 9.17) is 39.9 Å². The van der Waals surface area contributed by atoms with Gasteiger partial charge >= 0.3 is 17.1 Å². The van der Waals surface area contributed by atoms with E-state index >= 15 is 0 Å². The third-order valence-corrected chi connectivity index (χ3v) is 7.51. The van der Waals surface area contributed by atoms with Crippen molar-refractivity contribution in [2.75, 3.05) is 0 Å². The Morgan fingerprint density at radius 2 is 0.711 bits per heavy atom. The molecule has 11 heteroatoms. The monoisotopic (exact) mass is 631 g/mol. The van der Waals surface area contributed by atoms with Crippen LogP contribution in [0.15, 0.2) is 122 Å². The number of rotatable bonds is 2. The first-order valence-corrected chi connectivity index (χ1v) is 14.0. The van der Waals surface area contributed by atoms with E-state index in [0.717, 1.165) is 32.9 Å². The van der Waals surface area contributed by atoms with E-state index in [1.54, 1.807) is 0 Å².